The van der Waals surface area contributed by atoms with Crippen molar-refractivity contribution in [2.75, 3.05) is 18.5 Å². The zero-order valence-corrected chi connectivity index (χ0v) is 19.5. The van der Waals surface area contributed by atoms with Crippen LogP contribution in [-0.4, -0.2) is 41.1 Å². The van der Waals surface area contributed by atoms with Gasteiger partial charge in [0.2, 0.25) is 5.91 Å². The Kier molecular flexibility index (Phi) is 8.08. The van der Waals surface area contributed by atoms with Crippen LogP contribution in [0, 0.1) is 0 Å². The first-order chi connectivity index (χ1) is 15.8. The van der Waals surface area contributed by atoms with Crippen LogP contribution in [0.4, 0.5) is 10.5 Å². The summed E-state index contributed by atoms with van der Waals surface area (Å²) in [7, 11) is 0. The van der Waals surface area contributed by atoms with Gasteiger partial charge in [-0.2, -0.15) is 0 Å². The van der Waals surface area contributed by atoms with E-state index in [1.165, 1.54) is 18.2 Å². The van der Waals surface area contributed by atoms with Gasteiger partial charge in [0.15, 0.2) is 0 Å². The highest BCUT2D eigenvalue weighted by molar-refractivity contribution is 8.18. The number of halogens is 1. The molecule has 2 aromatic carbocycles. The van der Waals surface area contributed by atoms with Crippen molar-refractivity contribution >= 4 is 58.1 Å². The van der Waals surface area contributed by atoms with Gasteiger partial charge >= 0.3 is 5.97 Å². The van der Waals surface area contributed by atoms with E-state index in [2.05, 4.69) is 5.32 Å². The molecule has 0 aromatic heterocycles. The smallest absolute Gasteiger partial charge is 0.339 e. The van der Waals surface area contributed by atoms with Crippen LogP contribution in [0.2, 0.25) is 5.02 Å². The predicted molar refractivity (Wildman–Crippen MR) is 129 cm³/mol. The second kappa shape index (κ2) is 11.0. The van der Waals surface area contributed by atoms with Gasteiger partial charge < -0.3 is 10.1 Å². The average molecular weight is 485 g/mol. The van der Waals surface area contributed by atoms with Crippen LogP contribution in [0.5, 0.6) is 0 Å². The number of hydrogen-bond acceptors (Lipinski definition) is 6. The lowest BCUT2D eigenvalue weighted by Crippen LogP contribution is -2.36. The number of nitrogens with zero attached hydrogens (tertiary/aromatic N) is 1. The average Bonchev–Trinajstić information content (AvgIpc) is 3.03. The van der Waals surface area contributed by atoms with Gasteiger partial charge in [0, 0.05) is 5.69 Å². The molecule has 2 aromatic rings. The van der Waals surface area contributed by atoms with Crippen LogP contribution in [0.1, 0.15) is 29.8 Å². The number of thioether (sulfide) groups is 1. The molecule has 1 saturated heterocycles. The van der Waals surface area contributed by atoms with Crippen LogP contribution >= 0.6 is 23.4 Å². The molecule has 0 atom stereocenters. The number of benzene rings is 2. The molecular formula is C24H21ClN2O5S. The predicted octanol–water partition coefficient (Wildman–Crippen LogP) is 5.14. The first-order valence-electron chi connectivity index (χ1n) is 10.0. The maximum atomic E-state index is 12.7. The summed E-state index contributed by atoms with van der Waals surface area (Å²) in [6.45, 7) is 3.22. The van der Waals surface area contributed by atoms with Crippen molar-refractivity contribution in [3.8, 4) is 0 Å². The van der Waals surface area contributed by atoms with E-state index in [0.717, 1.165) is 27.8 Å². The SMILES string of the molecule is CCOC(=O)c1cc(NC(=O)CN2C(=O)SC(=CC(C)=Cc3ccccc3)C2=O)ccc1Cl. The Morgan fingerprint density at radius 2 is 1.88 bits per heavy atom. The number of amides is 3. The molecular weight excluding hydrogens is 464 g/mol. The van der Waals surface area contributed by atoms with Crippen molar-refractivity contribution in [3.63, 3.8) is 0 Å². The van der Waals surface area contributed by atoms with Crippen LogP contribution in [0.15, 0.2) is 65.1 Å². The molecule has 170 valence electrons. The molecule has 1 aliphatic rings. The van der Waals surface area contributed by atoms with Crippen molar-refractivity contribution in [1.82, 2.24) is 4.90 Å². The lowest BCUT2D eigenvalue weighted by atomic mass is 10.1. The number of esters is 1. The van der Waals surface area contributed by atoms with Crippen LogP contribution in [0.25, 0.3) is 6.08 Å². The maximum Gasteiger partial charge on any atom is 0.339 e. The Morgan fingerprint density at radius 1 is 1.15 bits per heavy atom. The van der Waals surface area contributed by atoms with Crippen molar-refractivity contribution in [1.29, 1.82) is 0 Å². The number of allylic oxidation sites excluding steroid dienone is 2. The molecule has 3 amide bonds. The molecule has 0 spiro atoms. The number of hydrogen-bond donors (Lipinski definition) is 1. The number of anilines is 1. The van der Waals surface area contributed by atoms with Crippen molar-refractivity contribution in [2.24, 2.45) is 0 Å². The summed E-state index contributed by atoms with van der Waals surface area (Å²) in [5.41, 5.74) is 2.15. The van der Waals surface area contributed by atoms with Crippen LogP contribution in [-0.2, 0) is 14.3 Å². The van der Waals surface area contributed by atoms with Crippen molar-refractivity contribution < 1.29 is 23.9 Å². The van der Waals surface area contributed by atoms with E-state index < -0.39 is 29.6 Å². The van der Waals surface area contributed by atoms with Gasteiger partial charge in [-0.1, -0.05) is 48.0 Å². The molecule has 33 heavy (non-hydrogen) atoms. The van der Waals surface area contributed by atoms with Crippen LogP contribution < -0.4 is 5.32 Å². The summed E-state index contributed by atoms with van der Waals surface area (Å²) >= 11 is 6.80. The van der Waals surface area contributed by atoms with E-state index in [9.17, 15) is 19.2 Å². The number of carbonyl (C=O) groups is 4. The minimum atomic E-state index is -0.617. The number of imide groups is 1. The monoisotopic (exact) mass is 484 g/mol. The fourth-order valence-corrected chi connectivity index (χ4v) is 4.09. The van der Waals surface area contributed by atoms with Crippen molar-refractivity contribution in [2.45, 2.75) is 13.8 Å². The summed E-state index contributed by atoms with van der Waals surface area (Å²) in [5, 5.41) is 2.22. The number of nitrogens with one attached hydrogen (secondary N) is 1. The van der Waals surface area contributed by atoms with Crippen LogP contribution in [0.3, 0.4) is 0 Å². The molecule has 0 radical (unpaired) electrons. The summed E-state index contributed by atoms with van der Waals surface area (Å²) in [5.74, 6) is -1.75. The van der Waals surface area contributed by atoms with E-state index in [1.807, 2.05) is 43.3 Å². The Morgan fingerprint density at radius 3 is 2.58 bits per heavy atom. The lowest BCUT2D eigenvalue weighted by molar-refractivity contribution is -0.127. The standard InChI is InChI=1S/C24H21ClN2O5S/c1-3-32-23(30)18-13-17(9-10-19(18)25)26-21(28)14-27-22(29)20(33-24(27)31)12-15(2)11-16-7-5-4-6-8-16/h4-13H,3,14H2,1-2H3,(H,26,28). The second-order valence-corrected chi connectivity index (χ2v) is 8.43. The third-order valence-corrected chi connectivity index (χ3v) is 5.71. The normalized spacial score (nSPS) is 15.2. The van der Waals surface area contributed by atoms with E-state index >= 15 is 0 Å². The topological polar surface area (TPSA) is 92.8 Å². The van der Waals surface area contributed by atoms with Crippen molar-refractivity contribution in [3.05, 3.63) is 81.2 Å². The van der Waals surface area contributed by atoms with Gasteiger partial charge in [0.1, 0.15) is 6.54 Å². The molecule has 0 bridgehead atoms. The molecule has 0 unspecified atom stereocenters. The molecule has 9 heteroatoms. The molecule has 3 rings (SSSR count). The third kappa shape index (κ3) is 6.34. The summed E-state index contributed by atoms with van der Waals surface area (Å²) in [6, 6.07) is 13.9. The molecule has 0 aliphatic carbocycles. The molecule has 0 saturated carbocycles. The van der Waals surface area contributed by atoms with Gasteiger partial charge in [-0.3, -0.25) is 19.3 Å². The third-order valence-electron chi connectivity index (χ3n) is 4.47. The van der Waals surface area contributed by atoms with Gasteiger partial charge in [-0.25, -0.2) is 4.79 Å². The second-order valence-electron chi connectivity index (χ2n) is 7.03. The van der Waals surface area contributed by atoms with Gasteiger partial charge in [-0.05, 0) is 61.0 Å². The number of ether oxygens (including phenoxy) is 1. The summed E-state index contributed by atoms with van der Waals surface area (Å²) in [4.78, 5) is 50.6. The quantitative estimate of drug-likeness (QED) is 0.432. The van der Waals surface area contributed by atoms with E-state index in [-0.39, 0.29) is 27.8 Å². The van der Waals surface area contributed by atoms with Gasteiger partial charge in [-0.15, -0.1) is 0 Å². The number of rotatable bonds is 7. The minimum Gasteiger partial charge on any atom is -0.462 e. The lowest BCUT2D eigenvalue weighted by Gasteiger charge is -2.13. The zero-order valence-electron chi connectivity index (χ0n) is 18.0. The Hall–Kier alpha value is -3.36. The van der Waals surface area contributed by atoms with E-state index in [1.54, 1.807) is 13.0 Å². The fourth-order valence-electron chi connectivity index (χ4n) is 3.01. The zero-order chi connectivity index (χ0) is 24.0. The first-order valence-corrected chi connectivity index (χ1v) is 11.2. The van der Waals surface area contributed by atoms with Gasteiger partial charge in [0.25, 0.3) is 11.1 Å². The Bertz CT molecular complexity index is 1160. The Balaban J connectivity index is 1.67. The Labute approximate surface area is 200 Å². The summed E-state index contributed by atoms with van der Waals surface area (Å²) < 4.78 is 4.94. The maximum absolute atomic E-state index is 12.7. The molecule has 1 N–H and O–H groups in total. The highest BCUT2D eigenvalue weighted by atomic mass is 35.5. The largest absolute Gasteiger partial charge is 0.462 e. The van der Waals surface area contributed by atoms with Gasteiger partial charge in [0.05, 0.1) is 22.1 Å². The highest BCUT2D eigenvalue weighted by Crippen LogP contribution is 2.31. The minimum absolute atomic E-state index is 0.103. The highest BCUT2D eigenvalue weighted by Gasteiger charge is 2.36. The molecule has 1 heterocycles. The van der Waals surface area contributed by atoms with E-state index in [4.69, 9.17) is 16.3 Å². The molecule has 1 aliphatic heterocycles. The summed E-state index contributed by atoms with van der Waals surface area (Å²) in [6.07, 6.45) is 3.52. The molecule has 7 nitrogen and oxygen atoms in total. The van der Waals surface area contributed by atoms with E-state index in [0.29, 0.717) is 0 Å². The fraction of sp³-hybridized carbons (Fsp3) is 0.167. The first kappa shape index (κ1) is 24.3. The number of carbonyl (C=O) groups excluding carboxylic acids is 4. The molecule has 1 fully saturated rings.